The van der Waals surface area contributed by atoms with Crippen LogP contribution in [0.2, 0.25) is 0 Å². The number of rotatable bonds is 4. The van der Waals surface area contributed by atoms with E-state index in [0.717, 1.165) is 9.35 Å². The number of nitrogens with zero attached hydrogens (tertiary/aromatic N) is 2. The van der Waals surface area contributed by atoms with Crippen LogP contribution in [0.3, 0.4) is 0 Å². The molecule has 0 fully saturated rings. The van der Waals surface area contributed by atoms with E-state index in [1.165, 1.54) is 12.1 Å². The lowest BCUT2D eigenvalue weighted by Crippen LogP contribution is -2.22. The summed E-state index contributed by atoms with van der Waals surface area (Å²) in [5.74, 6) is -0.542. The maximum atomic E-state index is 13.3. The van der Waals surface area contributed by atoms with E-state index in [1.807, 2.05) is 23.4 Å². The van der Waals surface area contributed by atoms with Gasteiger partial charge in [-0.25, -0.2) is 4.39 Å². The molecule has 0 atom stereocenters. The van der Waals surface area contributed by atoms with Crippen molar-refractivity contribution in [2.24, 2.45) is 10.9 Å². The van der Waals surface area contributed by atoms with Gasteiger partial charge in [-0.2, -0.15) is 0 Å². The molecule has 0 spiro atoms. The number of thiophene rings is 1. The highest BCUT2D eigenvalue weighted by molar-refractivity contribution is 9.11. The van der Waals surface area contributed by atoms with Crippen LogP contribution in [0.4, 0.5) is 10.1 Å². The van der Waals surface area contributed by atoms with Crippen LogP contribution in [-0.2, 0) is 6.54 Å². The quantitative estimate of drug-likeness (QED) is 0.381. The van der Waals surface area contributed by atoms with Crippen molar-refractivity contribution in [3.05, 3.63) is 50.4 Å². The molecule has 0 saturated heterocycles. The Morgan fingerprint density at radius 1 is 1.50 bits per heavy atom. The predicted octanol–water partition coefficient (Wildman–Crippen LogP) is 3.38. The Morgan fingerprint density at radius 3 is 2.85 bits per heavy atom. The molecule has 3 N–H and O–H groups in total. The van der Waals surface area contributed by atoms with E-state index >= 15 is 0 Å². The minimum absolute atomic E-state index is 0.113. The van der Waals surface area contributed by atoms with Gasteiger partial charge in [-0.05, 0) is 51.1 Å². The second kappa shape index (κ2) is 6.23. The van der Waals surface area contributed by atoms with Crippen molar-refractivity contribution in [1.82, 2.24) is 0 Å². The molecule has 20 heavy (non-hydrogen) atoms. The molecule has 0 aliphatic carbocycles. The van der Waals surface area contributed by atoms with Crippen LogP contribution in [0.1, 0.15) is 11.1 Å². The average molecular weight is 358 g/mol. The van der Waals surface area contributed by atoms with Crippen LogP contribution >= 0.6 is 27.3 Å². The molecular weight excluding hydrogens is 345 g/mol. The standard InChI is InChI=1S/C13H13BrFN3OS/c1-18(6-8-4-12(14)20-7-8)11-3-2-9(15)5-10(11)13(16)17-19/h2-5,7,19H,6H2,1H3,(H2,16,17). The van der Waals surface area contributed by atoms with Crippen LogP contribution in [0.15, 0.2) is 38.6 Å². The lowest BCUT2D eigenvalue weighted by molar-refractivity contribution is 0.318. The first kappa shape index (κ1) is 14.8. The van der Waals surface area contributed by atoms with Gasteiger partial charge in [0.2, 0.25) is 0 Å². The summed E-state index contributed by atoms with van der Waals surface area (Å²) in [7, 11) is 1.87. The van der Waals surface area contributed by atoms with Gasteiger partial charge >= 0.3 is 0 Å². The third-order valence-electron chi connectivity index (χ3n) is 2.80. The molecule has 0 radical (unpaired) electrons. The van der Waals surface area contributed by atoms with Crippen molar-refractivity contribution >= 4 is 38.8 Å². The van der Waals surface area contributed by atoms with E-state index in [4.69, 9.17) is 10.9 Å². The first-order valence-corrected chi connectivity index (χ1v) is 7.40. The van der Waals surface area contributed by atoms with Crippen molar-refractivity contribution in [3.63, 3.8) is 0 Å². The third-order valence-corrected chi connectivity index (χ3v) is 4.35. The molecule has 4 nitrogen and oxygen atoms in total. The van der Waals surface area contributed by atoms with Gasteiger partial charge in [0.25, 0.3) is 0 Å². The van der Waals surface area contributed by atoms with Gasteiger partial charge in [0.05, 0.1) is 3.79 Å². The summed E-state index contributed by atoms with van der Waals surface area (Å²) in [6.45, 7) is 0.638. The first-order valence-electron chi connectivity index (χ1n) is 5.72. The van der Waals surface area contributed by atoms with Gasteiger partial charge in [0.1, 0.15) is 5.82 Å². The first-order chi connectivity index (χ1) is 9.51. The van der Waals surface area contributed by atoms with Crippen molar-refractivity contribution in [3.8, 4) is 0 Å². The lowest BCUT2D eigenvalue weighted by atomic mass is 10.1. The molecule has 0 amide bonds. The molecule has 0 saturated carbocycles. The largest absolute Gasteiger partial charge is 0.409 e. The molecule has 0 aliphatic rings. The number of amidine groups is 1. The molecule has 2 rings (SSSR count). The lowest BCUT2D eigenvalue weighted by Gasteiger charge is -2.21. The van der Waals surface area contributed by atoms with E-state index in [0.29, 0.717) is 17.8 Å². The molecule has 1 aromatic carbocycles. The molecule has 0 bridgehead atoms. The molecule has 1 heterocycles. The average Bonchev–Trinajstić information content (AvgIpc) is 2.82. The number of oxime groups is 1. The molecule has 0 aliphatic heterocycles. The Bertz CT molecular complexity index is 644. The van der Waals surface area contributed by atoms with E-state index in [2.05, 4.69) is 21.1 Å². The zero-order valence-corrected chi connectivity index (χ0v) is 13.1. The van der Waals surface area contributed by atoms with Gasteiger partial charge in [-0.15, -0.1) is 11.3 Å². The smallest absolute Gasteiger partial charge is 0.172 e. The van der Waals surface area contributed by atoms with Crippen LogP contribution in [0.5, 0.6) is 0 Å². The highest BCUT2D eigenvalue weighted by atomic mass is 79.9. The Morgan fingerprint density at radius 2 is 2.25 bits per heavy atom. The SMILES string of the molecule is CN(Cc1csc(Br)c1)c1ccc(F)cc1C(N)=NO. The van der Waals surface area contributed by atoms with Crippen molar-refractivity contribution < 1.29 is 9.60 Å². The van der Waals surface area contributed by atoms with Crippen LogP contribution in [0, 0.1) is 5.82 Å². The summed E-state index contributed by atoms with van der Waals surface area (Å²) >= 11 is 5.02. The van der Waals surface area contributed by atoms with Gasteiger partial charge in [0, 0.05) is 24.8 Å². The monoisotopic (exact) mass is 357 g/mol. The van der Waals surface area contributed by atoms with Gasteiger partial charge < -0.3 is 15.8 Å². The Hall–Kier alpha value is -1.60. The summed E-state index contributed by atoms with van der Waals surface area (Å²) in [6, 6.07) is 6.24. The normalized spacial score (nSPS) is 11.7. The summed E-state index contributed by atoms with van der Waals surface area (Å²) in [5, 5.41) is 13.8. The Labute approximate surface area is 128 Å². The fourth-order valence-electron chi connectivity index (χ4n) is 1.89. The summed E-state index contributed by atoms with van der Waals surface area (Å²) < 4.78 is 14.4. The molecule has 7 heteroatoms. The van der Waals surface area contributed by atoms with Gasteiger partial charge in [-0.1, -0.05) is 5.16 Å². The van der Waals surface area contributed by atoms with Gasteiger partial charge in [-0.3, -0.25) is 0 Å². The maximum Gasteiger partial charge on any atom is 0.172 e. The number of benzene rings is 1. The number of hydrogen-bond acceptors (Lipinski definition) is 4. The predicted molar refractivity (Wildman–Crippen MR) is 83.0 cm³/mol. The number of halogens is 2. The zero-order valence-electron chi connectivity index (χ0n) is 10.7. The molecular formula is C13H13BrFN3OS. The topological polar surface area (TPSA) is 61.8 Å². The minimum atomic E-state index is -0.429. The molecule has 0 unspecified atom stereocenters. The number of nitrogens with two attached hydrogens (primary N) is 1. The van der Waals surface area contributed by atoms with Crippen molar-refractivity contribution in [1.29, 1.82) is 0 Å². The Kier molecular flexibility index (Phi) is 4.61. The molecule has 2 aromatic rings. The van der Waals surface area contributed by atoms with E-state index in [-0.39, 0.29) is 5.84 Å². The molecule has 1 aromatic heterocycles. The van der Waals surface area contributed by atoms with Crippen LogP contribution < -0.4 is 10.6 Å². The fraction of sp³-hybridized carbons (Fsp3) is 0.154. The van der Waals surface area contributed by atoms with E-state index < -0.39 is 5.82 Å². The fourth-order valence-corrected chi connectivity index (χ4v) is 3.09. The van der Waals surface area contributed by atoms with E-state index in [1.54, 1.807) is 17.4 Å². The highest BCUT2D eigenvalue weighted by Crippen LogP contribution is 2.25. The van der Waals surface area contributed by atoms with Crippen molar-refractivity contribution in [2.75, 3.05) is 11.9 Å². The van der Waals surface area contributed by atoms with E-state index in [9.17, 15) is 4.39 Å². The zero-order chi connectivity index (χ0) is 14.7. The molecule has 106 valence electrons. The number of anilines is 1. The highest BCUT2D eigenvalue weighted by Gasteiger charge is 2.13. The van der Waals surface area contributed by atoms with Crippen molar-refractivity contribution in [2.45, 2.75) is 6.54 Å². The summed E-state index contributed by atoms with van der Waals surface area (Å²) in [6.07, 6.45) is 0. The van der Waals surface area contributed by atoms with Crippen LogP contribution in [-0.4, -0.2) is 18.1 Å². The summed E-state index contributed by atoms with van der Waals surface area (Å²) in [5.41, 5.74) is 7.79. The third kappa shape index (κ3) is 3.29. The Balaban J connectivity index is 2.31. The maximum absolute atomic E-state index is 13.3. The second-order valence-corrected chi connectivity index (χ2v) is 6.55. The summed E-state index contributed by atoms with van der Waals surface area (Å²) in [4.78, 5) is 1.92. The van der Waals surface area contributed by atoms with Gasteiger partial charge in [0.15, 0.2) is 5.84 Å². The van der Waals surface area contributed by atoms with Crippen LogP contribution in [0.25, 0.3) is 0 Å². The second-order valence-electron chi connectivity index (χ2n) is 4.26. The number of hydrogen-bond donors (Lipinski definition) is 2. The minimum Gasteiger partial charge on any atom is -0.409 e.